The number of hydrogen-bond donors (Lipinski definition) is 2. The van der Waals surface area contributed by atoms with Crippen molar-refractivity contribution in [3.63, 3.8) is 0 Å². The van der Waals surface area contributed by atoms with Gasteiger partial charge in [-0.1, -0.05) is 12.1 Å². The number of nitrogens with zero attached hydrogens (tertiary/aromatic N) is 3. The van der Waals surface area contributed by atoms with Crippen LogP contribution >= 0.6 is 11.8 Å². The van der Waals surface area contributed by atoms with Crippen LogP contribution in [0.1, 0.15) is 37.1 Å². The first-order valence-electron chi connectivity index (χ1n) is 11.5. The Hall–Kier alpha value is -2.12. The summed E-state index contributed by atoms with van der Waals surface area (Å²) in [5.74, 6) is 4.33. The van der Waals surface area contributed by atoms with Crippen LogP contribution in [0.3, 0.4) is 0 Å². The molecule has 1 aromatic heterocycles. The molecule has 4 rings (SSSR count). The molecule has 0 saturated carbocycles. The lowest BCUT2D eigenvalue weighted by molar-refractivity contribution is 0.215. The van der Waals surface area contributed by atoms with Gasteiger partial charge in [0.2, 0.25) is 0 Å². The van der Waals surface area contributed by atoms with Gasteiger partial charge in [-0.05, 0) is 62.7 Å². The Morgan fingerprint density at radius 2 is 1.84 bits per heavy atom. The number of nitrogens with one attached hydrogen (secondary N) is 2. The quantitative estimate of drug-likeness (QED) is 0.481. The van der Waals surface area contributed by atoms with Gasteiger partial charge in [0.25, 0.3) is 0 Å². The summed E-state index contributed by atoms with van der Waals surface area (Å²) in [5, 5.41) is 6.93. The van der Waals surface area contributed by atoms with Gasteiger partial charge in [-0.25, -0.2) is 4.99 Å². The molecule has 2 N–H and O–H groups in total. The molecule has 7 heteroatoms. The third-order valence-electron chi connectivity index (χ3n) is 5.99. The zero-order valence-electron chi connectivity index (χ0n) is 18.6. The van der Waals surface area contributed by atoms with Crippen LogP contribution in [-0.2, 0) is 6.54 Å². The fraction of sp³-hybridized carbons (Fsp3) is 0.542. The molecule has 0 radical (unpaired) electrons. The molecule has 1 aromatic carbocycles. The third-order valence-corrected chi connectivity index (χ3v) is 6.93. The van der Waals surface area contributed by atoms with Crippen molar-refractivity contribution in [1.29, 1.82) is 0 Å². The Morgan fingerprint density at radius 3 is 2.52 bits per heavy atom. The molecule has 0 spiro atoms. The molecule has 0 bridgehead atoms. The van der Waals surface area contributed by atoms with Crippen molar-refractivity contribution < 1.29 is 4.42 Å². The minimum absolute atomic E-state index is 0.239. The highest BCUT2D eigenvalue weighted by molar-refractivity contribution is 7.99. The number of benzene rings is 1. The number of hydrogen-bond acceptors (Lipinski definition) is 5. The minimum atomic E-state index is 0.239. The van der Waals surface area contributed by atoms with Crippen molar-refractivity contribution in [2.24, 2.45) is 4.99 Å². The molecule has 1 unspecified atom stereocenters. The van der Waals surface area contributed by atoms with E-state index in [4.69, 9.17) is 9.41 Å². The molecule has 6 nitrogen and oxygen atoms in total. The first-order chi connectivity index (χ1) is 15.3. The molecule has 2 saturated heterocycles. The number of anilines is 1. The Morgan fingerprint density at radius 1 is 1.06 bits per heavy atom. The summed E-state index contributed by atoms with van der Waals surface area (Å²) >= 11 is 2.04. The molecule has 1 atom stereocenters. The summed E-state index contributed by atoms with van der Waals surface area (Å²) in [5.41, 5.74) is 2.56. The van der Waals surface area contributed by atoms with Crippen molar-refractivity contribution in [3.8, 4) is 0 Å². The summed E-state index contributed by atoms with van der Waals surface area (Å²) < 4.78 is 5.74. The van der Waals surface area contributed by atoms with Gasteiger partial charge in [0.15, 0.2) is 5.96 Å². The van der Waals surface area contributed by atoms with Crippen LogP contribution in [0.4, 0.5) is 5.69 Å². The van der Waals surface area contributed by atoms with Crippen molar-refractivity contribution >= 4 is 23.4 Å². The Balaban J connectivity index is 1.36. The zero-order chi connectivity index (χ0) is 21.3. The molecule has 2 aliphatic rings. The van der Waals surface area contributed by atoms with Crippen LogP contribution < -0.4 is 15.5 Å². The van der Waals surface area contributed by atoms with Crippen LogP contribution in [0.5, 0.6) is 0 Å². The van der Waals surface area contributed by atoms with E-state index in [-0.39, 0.29) is 6.04 Å². The molecule has 168 valence electrons. The fourth-order valence-corrected chi connectivity index (χ4v) is 5.19. The normalized spacial score (nSPS) is 18.9. The summed E-state index contributed by atoms with van der Waals surface area (Å²) in [6.45, 7) is 8.94. The van der Waals surface area contributed by atoms with E-state index in [0.29, 0.717) is 6.54 Å². The molecular weight excluding hydrogens is 406 g/mol. The van der Waals surface area contributed by atoms with Gasteiger partial charge in [0, 0.05) is 43.4 Å². The predicted molar refractivity (Wildman–Crippen MR) is 131 cm³/mol. The lowest BCUT2D eigenvalue weighted by Crippen LogP contribution is -2.42. The minimum Gasteiger partial charge on any atom is -0.468 e. The fourth-order valence-electron chi connectivity index (χ4n) is 4.28. The van der Waals surface area contributed by atoms with Crippen molar-refractivity contribution in [2.45, 2.75) is 32.4 Å². The van der Waals surface area contributed by atoms with E-state index in [1.165, 1.54) is 35.6 Å². The number of likely N-dealkylation sites (tertiary alicyclic amines) is 1. The Bertz CT molecular complexity index is 796. The zero-order valence-corrected chi connectivity index (χ0v) is 19.4. The summed E-state index contributed by atoms with van der Waals surface area (Å²) in [7, 11) is 0. The SMILES string of the molecule is CCNC(=NCc1ccc(N2CCSCC2)cc1)NCC(c1ccco1)N1CCCC1. The van der Waals surface area contributed by atoms with Gasteiger partial charge in [-0.3, -0.25) is 4.90 Å². The van der Waals surface area contributed by atoms with Crippen LogP contribution in [0.2, 0.25) is 0 Å². The second-order valence-electron chi connectivity index (χ2n) is 8.12. The van der Waals surface area contributed by atoms with Gasteiger partial charge in [-0.2, -0.15) is 11.8 Å². The van der Waals surface area contributed by atoms with E-state index < -0.39 is 0 Å². The van der Waals surface area contributed by atoms with E-state index in [1.807, 2.05) is 17.8 Å². The lowest BCUT2D eigenvalue weighted by atomic mass is 10.2. The van der Waals surface area contributed by atoms with E-state index in [1.54, 1.807) is 6.26 Å². The monoisotopic (exact) mass is 441 g/mol. The average Bonchev–Trinajstić information content (AvgIpc) is 3.54. The Kier molecular flexibility index (Phi) is 8.18. The molecule has 31 heavy (non-hydrogen) atoms. The second-order valence-corrected chi connectivity index (χ2v) is 9.34. The highest BCUT2D eigenvalue weighted by atomic mass is 32.2. The van der Waals surface area contributed by atoms with Crippen molar-refractivity contribution in [3.05, 3.63) is 54.0 Å². The van der Waals surface area contributed by atoms with Gasteiger partial charge in [-0.15, -0.1) is 0 Å². The topological polar surface area (TPSA) is 56.0 Å². The van der Waals surface area contributed by atoms with Crippen LogP contribution in [0.25, 0.3) is 0 Å². The summed E-state index contributed by atoms with van der Waals surface area (Å²) in [6, 6.07) is 13.2. The Labute approximate surface area is 190 Å². The highest BCUT2D eigenvalue weighted by Gasteiger charge is 2.25. The van der Waals surface area contributed by atoms with Crippen molar-refractivity contribution in [1.82, 2.24) is 15.5 Å². The molecule has 0 aliphatic carbocycles. The maximum atomic E-state index is 5.74. The molecule has 2 aliphatic heterocycles. The van der Waals surface area contributed by atoms with Crippen LogP contribution in [0, 0.1) is 0 Å². The van der Waals surface area contributed by atoms with Crippen LogP contribution in [-0.4, -0.2) is 61.6 Å². The maximum Gasteiger partial charge on any atom is 0.191 e. The van der Waals surface area contributed by atoms with Gasteiger partial charge < -0.3 is 20.0 Å². The van der Waals surface area contributed by atoms with Gasteiger partial charge in [0.05, 0.1) is 18.8 Å². The summed E-state index contributed by atoms with van der Waals surface area (Å²) in [6.07, 6.45) is 4.29. The standard InChI is InChI=1S/C24H35N5OS/c1-2-25-24(27-19-22(23-6-5-15-30-23)29-11-3-4-12-29)26-18-20-7-9-21(10-8-20)28-13-16-31-17-14-28/h5-10,15,22H,2-4,11-14,16-19H2,1H3,(H2,25,26,27). The highest BCUT2D eigenvalue weighted by Crippen LogP contribution is 2.25. The van der Waals surface area contributed by atoms with E-state index >= 15 is 0 Å². The van der Waals surface area contributed by atoms with E-state index in [9.17, 15) is 0 Å². The van der Waals surface area contributed by atoms with E-state index in [0.717, 1.165) is 51.0 Å². The maximum absolute atomic E-state index is 5.74. The number of rotatable bonds is 8. The number of thioether (sulfide) groups is 1. The number of furan rings is 1. The van der Waals surface area contributed by atoms with E-state index in [2.05, 4.69) is 57.7 Å². The molecule has 3 heterocycles. The first-order valence-corrected chi connectivity index (χ1v) is 12.7. The third kappa shape index (κ3) is 6.20. The van der Waals surface area contributed by atoms with Gasteiger partial charge in [0.1, 0.15) is 5.76 Å². The number of guanidine groups is 1. The molecule has 2 fully saturated rings. The smallest absolute Gasteiger partial charge is 0.191 e. The predicted octanol–water partition coefficient (Wildman–Crippen LogP) is 3.73. The summed E-state index contributed by atoms with van der Waals surface area (Å²) in [4.78, 5) is 9.82. The lowest BCUT2D eigenvalue weighted by Gasteiger charge is -2.28. The molecule has 0 amide bonds. The van der Waals surface area contributed by atoms with Crippen molar-refractivity contribution in [2.75, 3.05) is 55.7 Å². The van der Waals surface area contributed by atoms with Crippen LogP contribution in [0.15, 0.2) is 52.1 Å². The van der Waals surface area contributed by atoms with Gasteiger partial charge >= 0.3 is 0 Å². The first kappa shape index (κ1) is 22.1. The molecule has 2 aromatic rings. The average molecular weight is 442 g/mol. The largest absolute Gasteiger partial charge is 0.468 e. The second kappa shape index (κ2) is 11.5. The molecular formula is C24H35N5OS. The number of aliphatic imine (C=N–C) groups is 1.